The van der Waals surface area contributed by atoms with E-state index in [1.165, 1.54) is 0 Å². The molecule has 8 heteroatoms. The van der Waals surface area contributed by atoms with Crippen molar-refractivity contribution in [2.24, 2.45) is 5.73 Å². The maximum Gasteiger partial charge on any atom is 0.451 e. The van der Waals surface area contributed by atoms with E-state index < -0.39 is 18.6 Å². The number of hydrogen-bond acceptors (Lipinski definition) is 6. The zero-order chi connectivity index (χ0) is 20.1. The van der Waals surface area contributed by atoms with Crippen LogP contribution in [0.2, 0.25) is 6.32 Å². The van der Waals surface area contributed by atoms with E-state index in [0.717, 1.165) is 36.1 Å². The Morgan fingerprint density at radius 1 is 1.29 bits per heavy atom. The second kappa shape index (κ2) is 9.09. The first-order chi connectivity index (χ1) is 13.4. The van der Waals surface area contributed by atoms with E-state index in [9.17, 15) is 9.90 Å². The zero-order valence-corrected chi connectivity index (χ0v) is 16.1. The van der Waals surface area contributed by atoms with E-state index in [0.29, 0.717) is 32.2 Å². The van der Waals surface area contributed by atoms with E-state index in [1.54, 1.807) is 0 Å². The third-order valence-corrected chi connectivity index (χ3v) is 5.74. The minimum Gasteiger partial charge on any atom is -0.480 e. The summed E-state index contributed by atoms with van der Waals surface area (Å²) in [4.78, 5) is 14.0. The van der Waals surface area contributed by atoms with Crippen molar-refractivity contribution in [2.75, 3.05) is 13.1 Å². The maximum atomic E-state index is 11.8. The molecule has 1 fully saturated rings. The summed E-state index contributed by atoms with van der Waals surface area (Å²) in [6.45, 7) is 1.49. The minimum atomic E-state index is -1.36. The van der Waals surface area contributed by atoms with Crippen LogP contribution < -0.4 is 5.73 Å². The molecule has 0 aliphatic carbocycles. The molecule has 2 heterocycles. The quantitative estimate of drug-likeness (QED) is 0.364. The lowest BCUT2D eigenvalue weighted by Gasteiger charge is -2.29. The summed E-state index contributed by atoms with van der Waals surface area (Å²) in [5, 5.41) is 28.6. The summed E-state index contributed by atoms with van der Waals surface area (Å²) in [6.07, 6.45) is 4.01. The van der Waals surface area contributed by atoms with Gasteiger partial charge in [0.05, 0.1) is 6.04 Å². The largest absolute Gasteiger partial charge is 0.480 e. The van der Waals surface area contributed by atoms with Gasteiger partial charge in [0.25, 0.3) is 0 Å². The number of rotatable bonds is 10. The number of carboxylic acid groups (broad SMARTS) is 1. The fourth-order valence-electron chi connectivity index (χ4n) is 4.03. The van der Waals surface area contributed by atoms with Crippen molar-refractivity contribution in [2.45, 2.75) is 56.4 Å². The van der Waals surface area contributed by atoms with Gasteiger partial charge in [-0.1, -0.05) is 31.0 Å². The van der Waals surface area contributed by atoms with Gasteiger partial charge in [0.15, 0.2) is 0 Å². The average molecular weight is 388 g/mol. The van der Waals surface area contributed by atoms with Gasteiger partial charge in [0.2, 0.25) is 0 Å². The molecule has 1 aliphatic heterocycles. The normalized spacial score (nSPS) is 19.8. The van der Waals surface area contributed by atoms with Crippen LogP contribution in [0.1, 0.15) is 50.3 Å². The minimum absolute atomic E-state index is 0.148. The Hall–Kier alpha value is -1.87. The van der Waals surface area contributed by atoms with Gasteiger partial charge in [-0.15, -0.1) is 0 Å². The van der Waals surface area contributed by atoms with E-state index in [2.05, 4.69) is 11.0 Å². The molecule has 5 N–H and O–H groups in total. The Bertz CT molecular complexity index is 763. The van der Waals surface area contributed by atoms with Crippen LogP contribution in [0.25, 0.3) is 11.0 Å². The van der Waals surface area contributed by atoms with Crippen molar-refractivity contribution in [3.8, 4) is 0 Å². The summed E-state index contributed by atoms with van der Waals surface area (Å²) >= 11 is 0. The first kappa shape index (κ1) is 20.9. The van der Waals surface area contributed by atoms with Crippen molar-refractivity contribution in [1.82, 2.24) is 4.90 Å². The molecule has 2 aromatic rings. The molecule has 1 aliphatic rings. The van der Waals surface area contributed by atoms with Crippen LogP contribution >= 0.6 is 0 Å². The second-order valence-electron chi connectivity index (χ2n) is 7.82. The number of carboxylic acids is 1. The SMILES string of the molecule is NC(CCCCB(O)O)(CCN1CCCC1c1cc2ccccc2o1)C(=O)O. The highest BCUT2D eigenvalue weighted by Crippen LogP contribution is 2.35. The molecule has 0 amide bonds. The van der Waals surface area contributed by atoms with Gasteiger partial charge in [-0.2, -0.15) is 0 Å². The van der Waals surface area contributed by atoms with Gasteiger partial charge in [0, 0.05) is 11.9 Å². The zero-order valence-electron chi connectivity index (χ0n) is 16.1. The van der Waals surface area contributed by atoms with E-state index >= 15 is 0 Å². The van der Waals surface area contributed by atoms with E-state index in [1.807, 2.05) is 24.3 Å². The molecule has 2 atom stereocenters. The molecule has 0 spiro atoms. The molecule has 152 valence electrons. The molecule has 1 aromatic heterocycles. The van der Waals surface area contributed by atoms with Crippen LogP contribution in [0, 0.1) is 0 Å². The van der Waals surface area contributed by atoms with Crippen LogP contribution in [0.15, 0.2) is 34.7 Å². The summed E-state index contributed by atoms with van der Waals surface area (Å²) < 4.78 is 6.03. The van der Waals surface area contributed by atoms with Crippen LogP contribution in [0.4, 0.5) is 0 Å². The van der Waals surface area contributed by atoms with Gasteiger partial charge in [-0.25, -0.2) is 0 Å². The number of aliphatic carboxylic acids is 1. The van der Waals surface area contributed by atoms with Crippen molar-refractivity contribution in [3.63, 3.8) is 0 Å². The number of fused-ring (bicyclic) bond motifs is 1. The molecule has 1 saturated heterocycles. The highest BCUT2D eigenvalue weighted by molar-refractivity contribution is 6.40. The molecule has 3 rings (SSSR count). The van der Waals surface area contributed by atoms with Crippen molar-refractivity contribution < 1.29 is 24.4 Å². The molecule has 2 unspecified atom stereocenters. The second-order valence-corrected chi connectivity index (χ2v) is 7.82. The molecular weight excluding hydrogens is 359 g/mol. The number of carbonyl (C=O) groups is 1. The number of unbranched alkanes of at least 4 members (excludes halogenated alkanes) is 1. The predicted octanol–water partition coefficient (Wildman–Crippen LogP) is 2.38. The average Bonchev–Trinajstić information content (AvgIpc) is 3.29. The highest BCUT2D eigenvalue weighted by Gasteiger charge is 2.36. The van der Waals surface area contributed by atoms with Gasteiger partial charge >= 0.3 is 13.1 Å². The van der Waals surface area contributed by atoms with Crippen LogP contribution in [0.3, 0.4) is 0 Å². The summed E-state index contributed by atoms with van der Waals surface area (Å²) in [6, 6.07) is 10.1. The predicted molar refractivity (Wildman–Crippen MR) is 108 cm³/mol. The monoisotopic (exact) mass is 388 g/mol. The Morgan fingerprint density at radius 3 is 2.79 bits per heavy atom. The molecule has 0 bridgehead atoms. The third-order valence-electron chi connectivity index (χ3n) is 5.74. The number of benzene rings is 1. The first-order valence-electron chi connectivity index (χ1n) is 10.00. The summed E-state index contributed by atoms with van der Waals surface area (Å²) in [5.41, 5.74) is 5.77. The summed E-state index contributed by atoms with van der Waals surface area (Å²) in [7, 11) is -1.36. The summed E-state index contributed by atoms with van der Waals surface area (Å²) in [5.74, 6) is -0.0786. The molecule has 0 saturated carbocycles. The number of likely N-dealkylation sites (tertiary alicyclic amines) is 1. The van der Waals surface area contributed by atoms with Crippen LogP contribution in [0.5, 0.6) is 0 Å². The van der Waals surface area contributed by atoms with Gasteiger partial charge < -0.3 is 25.3 Å². The number of para-hydroxylation sites is 1. The number of hydrogen-bond donors (Lipinski definition) is 4. The van der Waals surface area contributed by atoms with Crippen molar-refractivity contribution in [3.05, 3.63) is 36.1 Å². The lowest BCUT2D eigenvalue weighted by atomic mass is 9.81. The number of nitrogens with zero attached hydrogens (tertiary/aromatic N) is 1. The number of nitrogens with two attached hydrogens (primary N) is 1. The molecule has 28 heavy (non-hydrogen) atoms. The van der Waals surface area contributed by atoms with Gasteiger partial charge in [-0.3, -0.25) is 9.69 Å². The molecular formula is C20H29BN2O5. The Balaban J connectivity index is 1.61. The van der Waals surface area contributed by atoms with E-state index in [-0.39, 0.29) is 12.4 Å². The van der Waals surface area contributed by atoms with E-state index in [4.69, 9.17) is 20.2 Å². The first-order valence-corrected chi connectivity index (χ1v) is 10.00. The highest BCUT2D eigenvalue weighted by atomic mass is 16.4. The van der Waals surface area contributed by atoms with Crippen molar-refractivity contribution in [1.29, 1.82) is 0 Å². The Morgan fingerprint density at radius 2 is 2.07 bits per heavy atom. The topological polar surface area (TPSA) is 120 Å². The smallest absolute Gasteiger partial charge is 0.451 e. The molecule has 7 nitrogen and oxygen atoms in total. The van der Waals surface area contributed by atoms with Crippen LogP contribution in [-0.2, 0) is 4.79 Å². The fraction of sp³-hybridized carbons (Fsp3) is 0.550. The molecule has 0 radical (unpaired) electrons. The number of furan rings is 1. The van der Waals surface area contributed by atoms with Crippen molar-refractivity contribution >= 4 is 24.1 Å². The Kier molecular flexibility index (Phi) is 6.77. The standard InChI is InChI=1S/C20H29BN2O5/c22-20(19(24)25,9-3-4-11-21(26)27)10-13-23-12-5-7-16(23)18-14-15-6-1-2-8-17(15)28-18/h1-2,6,8,14,16,26-27H,3-5,7,9-13,22H2,(H,24,25). The lowest BCUT2D eigenvalue weighted by molar-refractivity contribution is -0.144. The lowest BCUT2D eigenvalue weighted by Crippen LogP contribution is -2.50. The Labute approximate surface area is 165 Å². The maximum absolute atomic E-state index is 11.8. The van der Waals surface area contributed by atoms with Gasteiger partial charge in [-0.05, 0) is 50.7 Å². The van der Waals surface area contributed by atoms with Gasteiger partial charge in [0.1, 0.15) is 16.9 Å². The third kappa shape index (κ3) is 4.94. The van der Waals surface area contributed by atoms with Crippen LogP contribution in [-0.4, -0.2) is 51.8 Å². The molecule has 1 aromatic carbocycles. The fourth-order valence-corrected chi connectivity index (χ4v) is 4.03.